The van der Waals surface area contributed by atoms with Crippen LogP contribution in [-0.4, -0.2) is 26.6 Å². The van der Waals surface area contributed by atoms with E-state index in [-0.39, 0.29) is 34.0 Å². The van der Waals surface area contributed by atoms with Gasteiger partial charge >= 0.3 is 0 Å². The van der Waals surface area contributed by atoms with Crippen molar-refractivity contribution in [2.24, 2.45) is 0 Å². The Hall–Kier alpha value is -4.67. The molecule has 0 saturated carbocycles. The van der Waals surface area contributed by atoms with Crippen molar-refractivity contribution in [3.8, 4) is 0 Å². The number of pyridine rings is 1. The van der Waals surface area contributed by atoms with Gasteiger partial charge in [0.1, 0.15) is 17.1 Å². The van der Waals surface area contributed by atoms with Gasteiger partial charge in [-0.2, -0.15) is 0 Å². The molecule has 0 aliphatic rings. The van der Waals surface area contributed by atoms with Gasteiger partial charge in [-0.3, -0.25) is 34.8 Å². The van der Waals surface area contributed by atoms with Gasteiger partial charge in [-0.05, 0) is 49.2 Å². The molecule has 2 aromatic carbocycles. The number of nitrogens with one attached hydrogen (secondary N) is 2. The van der Waals surface area contributed by atoms with Gasteiger partial charge in [0.2, 0.25) is 0 Å². The Morgan fingerprint density at radius 1 is 0.781 bits per heavy atom. The fraction of sp³-hybridized carbons (Fsp3) is 0.0952. The molecule has 3 aromatic rings. The summed E-state index contributed by atoms with van der Waals surface area (Å²) in [6.07, 6.45) is 1.13. The smallest absolute Gasteiger partial charge is 0.293 e. The number of nitrogens with zero attached hydrogens (tertiary/aromatic N) is 3. The highest BCUT2D eigenvalue weighted by atomic mass is 16.6. The van der Waals surface area contributed by atoms with E-state index in [1.165, 1.54) is 36.4 Å². The zero-order chi connectivity index (χ0) is 23.4. The van der Waals surface area contributed by atoms with E-state index in [2.05, 4.69) is 15.6 Å². The maximum absolute atomic E-state index is 12.4. The third-order valence-corrected chi connectivity index (χ3v) is 4.45. The van der Waals surface area contributed by atoms with E-state index < -0.39 is 21.7 Å². The van der Waals surface area contributed by atoms with Crippen LogP contribution in [0.25, 0.3) is 0 Å². The van der Waals surface area contributed by atoms with E-state index in [0.717, 1.165) is 6.20 Å². The maximum atomic E-state index is 12.4. The summed E-state index contributed by atoms with van der Waals surface area (Å²) >= 11 is 0. The van der Waals surface area contributed by atoms with Crippen LogP contribution < -0.4 is 10.6 Å². The lowest BCUT2D eigenvalue weighted by Crippen LogP contribution is -2.17. The van der Waals surface area contributed by atoms with Crippen LogP contribution in [0.4, 0.5) is 22.7 Å². The second-order valence-electron chi connectivity index (χ2n) is 6.90. The minimum atomic E-state index is -0.696. The number of carbonyl (C=O) groups is 2. The Labute approximate surface area is 181 Å². The number of anilines is 2. The third-order valence-electron chi connectivity index (χ3n) is 4.45. The average molecular weight is 435 g/mol. The molecule has 0 aliphatic heterocycles. The van der Waals surface area contributed by atoms with Gasteiger partial charge in [-0.1, -0.05) is 12.1 Å². The van der Waals surface area contributed by atoms with E-state index in [0.29, 0.717) is 11.1 Å². The number of nitro groups is 2. The van der Waals surface area contributed by atoms with E-state index in [9.17, 15) is 29.8 Å². The highest BCUT2D eigenvalue weighted by molar-refractivity contribution is 6.07. The van der Waals surface area contributed by atoms with Gasteiger partial charge in [-0.25, -0.2) is 0 Å². The molecule has 0 atom stereocenters. The summed E-state index contributed by atoms with van der Waals surface area (Å²) in [7, 11) is 0. The van der Waals surface area contributed by atoms with E-state index >= 15 is 0 Å². The van der Waals surface area contributed by atoms with Crippen molar-refractivity contribution in [1.82, 2.24) is 4.98 Å². The molecule has 0 aliphatic carbocycles. The molecule has 1 heterocycles. The minimum absolute atomic E-state index is 0.0147. The Kier molecular flexibility index (Phi) is 6.19. The van der Waals surface area contributed by atoms with Crippen LogP contribution >= 0.6 is 0 Å². The summed E-state index contributed by atoms with van der Waals surface area (Å²) in [5, 5.41) is 27.3. The lowest BCUT2D eigenvalue weighted by molar-refractivity contribution is -0.384. The molecular formula is C21H17N5O6. The van der Waals surface area contributed by atoms with Crippen molar-refractivity contribution in [2.75, 3.05) is 10.6 Å². The lowest BCUT2D eigenvalue weighted by Gasteiger charge is -2.08. The fourth-order valence-electron chi connectivity index (χ4n) is 2.84. The summed E-state index contributed by atoms with van der Waals surface area (Å²) in [6, 6.07) is 11.4. The Morgan fingerprint density at radius 3 is 1.72 bits per heavy atom. The van der Waals surface area contributed by atoms with Gasteiger partial charge in [-0.15, -0.1) is 0 Å². The number of aryl methyl sites for hydroxylation is 2. The van der Waals surface area contributed by atoms with E-state index in [1.807, 2.05) is 0 Å². The average Bonchev–Trinajstić information content (AvgIpc) is 2.75. The molecule has 0 radical (unpaired) electrons. The molecule has 11 nitrogen and oxygen atoms in total. The van der Waals surface area contributed by atoms with Crippen molar-refractivity contribution in [3.05, 3.63) is 97.3 Å². The maximum Gasteiger partial charge on any atom is 0.293 e. The number of benzene rings is 2. The van der Waals surface area contributed by atoms with Gasteiger partial charge in [0, 0.05) is 18.3 Å². The second kappa shape index (κ2) is 9.00. The zero-order valence-corrected chi connectivity index (χ0v) is 17.0. The lowest BCUT2D eigenvalue weighted by atomic mass is 10.1. The first-order valence-corrected chi connectivity index (χ1v) is 9.24. The third kappa shape index (κ3) is 4.90. The van der Waals surface area contributed by atoms with Crippen LogP contribution in [0.2, 0.25) is 0 Å². The Morgan fingerprint density at radius 2 is 1.28 bits per heavy atom. The van der Waals surface area contributed by atoms with Crippen LogP contribution in [0, 0.1) is 34.1 Å². The van der Waals surface area contributed by atoms with Crippen LogP contribution in [0.1, 0.15) is 32.0 Å². The van der Waals surface area contributed by atoms with Crippen molar-refractivity contribution < 1.29 is 19.4 Å². The van der Waals surface area contributed by atoms with Crippen molar-refractivity contribution in [3.63, 3.8) is 0 Å². The minimum Gasteiger partial charge on any atom is -0.316 e. The number of hydrogen-bond acceptors (Lipinski definition) is 7. The first kappa shape index (κ1) is 22.0. The van der Waals surface area contributed by atoms with Crippen LogP contribution in [0.15, 0.2) is 54.7 Å². The molecule has 2 N–H and O–H groups in total. The summed E-state index contributed by atoms with van der Waals surface area (Å²) < 4.78 is 0. The topological polar surface area (TPSA) is 157 Å². The monoisotopic (exact) mass is 435 g/mol. The van der Waals surface area contributed by atoms with Gasteiger partial charge in [0.05, 0.1) is 15.4 Å². The number of carbonyl (C=O) groups excluding carboxylic acids is 2. The standard InChI is InChI=1S/C21H17N5O6/c1-12-3-6-15(18(9-12)25(29)30)23-20(27)14-5-8-17(22-11-14)21(28)24-16-7-4-13(2)10-19(16)26(31)32/h3-11H,1-2H3,(H,23,27)(H,24,28). The Balaban J connectivity index is 1.75. The number of nitro benzene ring substituents is 2. The van der Waals surface area contributed by atoms with Crippen LogP contribution in [0.5, 0.6) is 0 Å². The van der Waals surface area contributed by atoms with Crippen LogP contribution in [0.3, 0.4) is 0 Å². The molecule has 0 fully saturated rings. The first-order chi connectivity index (χ1) is 15.2. The van der Waals surface area contributed by atoms with Crippen molar-refractivity contribution >= 4 is 34.6 Å². The molecule has 1 aromatic heterocycles. The van der Waals surface area contributed by atoms with E-state index in [1.54, 1.807) is 26.0 Å². The molecule has 0 bridgehead atoms. The quantitative estimate of drug-likeness (QED) is 0.437. The number of aromatic nitrogens is 1. The fourth-order valence-corrected chi connectivity index (χ4v) is 2.84. The summed E-state index contributed by atoms with van der Waals surface area (Å²) in [5.74, 6) is -1.34. The summed E-state index contributed by atoms with van der Waals surface area (Å²) in [5.41, 5.74) is 0.865. The van der Waals surface area contributed by atoms with Crippen molar-refractivity contribution in [1.29, 1.82) is 0 Å². The highest BCUT2D eigenvalue weighted by Crippen LogP contribution is 2.27. The molecule has 32 heavy (non-hydrogen) atoms. The molecule has 0 saturated heterocycles. The van der Waals surface area contributed by atoms with E-state index in [4.69, 9.17) is 0 Å². The van der Waals surface area contributed by atoms with Gasteiger partial charge in [0.25, 0.3) is 23.2 Å². The number of rotatable bonds is 6. The predicted molar refractivity (Wildman–Crippen MR) is 116 cm³/mol. The van der Waals surface area contributed by atoms with Crippen molar-refractivity contribution in [2.45, 2.75) is 13.8 Å². The summed E-state index contributed by atoms with van der Waals surface area (Å²) in [6.45, 7) is 3.38. The normalized spacial score (nSPS) is 10.3. The molecule has 3 rings (SSSR count). The predicted octanol–water partition coefficient (Wildman–Crippen LogP) is 4.02. The molecule has 2 amide bonds. The van der Waals surface area contributed by atoms with Gasteiger partial charge < -0.3 is 10.6 Å². The summed E-state index contributed by atoms with van der Waals surface area (Å²) in [4.78, 5) is 50.0. The molecule has 162 valence electrons. The van der Waals surface area contributed by atoms with Crippen LogP contribution in [-0.2, 0) is 0 Å². The molecule has 11 heteroatoms. The zero-order valence-electron chi connectivity index (χ0n) is 17.0. The number of amides is 2. The Bertz CT molecular complexity index is 1140. The highest BCUT2D eigenvalue weighted by Gasteiger charge is 2.19. The van der Waals surface area contributed by atoms with Gasteiger partial charge in [0.15, 0.2) is 0 Å². The molecular weight excluding hydrogens is 418 g/mol. The second-order valence-corrected chi connectivity index (χ2v) is 6.90. The number of hydrogen-bond donors (Lipinski definition) is 2. The SMILES string of the molecule is Cc1ccc(NC(=O)c2ccc(C(=O)Nc3ccc(C)cc3[N+](=O)[O-])nc2)c([N+](=O)[O-])c1. The molecule has 0 unspecified atom stereocenters. The largest absolute Gasteiger partial charge is 0.316 e. The molecule has 0 spiro atoms. The first-order valence-electron chi connectivity index (χ1n) is 9.24.